The lowest BCUT2D eigenvalue weighted by atomic mass is 9.98. The molecule has 1 unspecified atom stereocenters. The highest BCUT2D eigenvalue weighted by molar-refractivity contribution is 6.29. The Balaban J connectivity index is 1.92. The van der Waals surface area contributed by atoms with Gasteiger partial charge in [0, 0.05) is 11.8 Å². The molecule has 1 aromatic heterocycles. The molecule has 5 heteroatoms. The van der Waals surface area contributed by atoms with Crippen molar-refractivity contribution in [3.05, 3.63) is 94.8 Å². The van der Waals surface area contributed by atoms with Crippen LogP contribution in [0.4, 0.5) is 0 Å². The van der Waals surface area contributed by atoms with Gasteiger partial charge in [-0.1, -0.05) is 54.1 Å². The Labute approximate surface area is 151 Å². The Morgan fingerprint density at radius 2 is 1.72 bits per heavy atom. The number of ether oxygens (including phenoxy) is 1. The predicted molar refractivity (Wildman–Crippen MR) is 98.0 cm³/mol. The van der Waals surface area contributed by atoms with E-state index < -0.39 is 0 Å². The fourth-order valence-corrected chi connectivity index (χ4v) is 2.73. The van der Waals surface area contributed by atoms with Crippen LogP contribution in [0.15, 0.2) is 72.9 Å². The van der Waals surface area contributed by atoms with Gasteiger partial charge in [-0.25, -0.2) is 4.98 Å². The zero-order valence-corrected chi connectivity index (χ0v) is 14.4. The summed E-state index contributed by atoms with van der Waals surface area (Å²) < 4.78 is 5.21. The van der Waals surface area contributed by atoms with Crippen LogP contribution in [0.2, 0.25) is 5.15 Å². The topological polar surface area (TPSA) is 51.2 Å². The molecule has 0 aliphatic rings. The second-order valence-electron chi connectivity index (χ2n) is 5.46. The molecule has 0 saturated heterocycles. The maximum absolute atomic E-state index is 12.7. The van der Waals surface area contributed by atoms with Crippen LogP contribution >= 0.6 is 11.6 Å². The molecule has 2 aromatic carbocycles. The summed E-state index contributed by atoms with van der Waals surface area (Å²) in [6.07, 6.45) is 1.52. The average Bonchev–Trinajstić information content (AvgIpc) is 2.67. The Morgan fingerprint density at radius 3 is 2.36 bits per heavy atom. The Bertz CT molecular complexity index is 851. The van der Waals surface area contributed by atoms with Crippen LogP contribution in [0.3, 0.4) is 0 Å². The fraction of sp³-hybridized carbons (Fsp3) is 0.100. The number of nitrogens with zero attached hydrogens (tertiary/aromatic N) is 1. The molecule has 1 N–H and O–H groups in total. The lowest BCUT2D eigenvalue weighted by molar-refractivity contribution is 0.0943. The third-order valence-corrected chi connectivity index (χ3v) is 4.05. The van der Waals surface area contributed by atoms with Crippen LogP contribution < -0.4 is 10.1 Å². The zero-order valence-electron chi connectivity index (χ0n) is 13.6. The number of rotatable bonds is 5. The lowest BCUT2D eigenvalue weighted by Crippen LogP contribution is -2.29. The highest BCUT2D eigenvalue weighted by Crippen LogP contribution is 2.24. The van der Waals surface area contributed by atoms with E-state index in [2.05, 4.69) is 10.3 Å². The SMILES string of the molecule is COc1ccc(C(NC(=O)c2ccnc(Cl)c2)c2ccccc2)cc1. The number of carbonyl (C=O) groups is 1. The first-order chi connectivity index (χ1) is 12.2. The van der Waals surface area contributed by atoms with Gasteiger partial charge in [0.2, 0.25) is 0 Å². The number of benzene rings is 2. The molecular formula is C20H17ClN2O2. The quantitative estimate of drug-likeness (QED) is 0.698. The molecule has 0 spiro atoms. The summed E-state index contributed by atoms with van der Waals surface area (Å²) in [6.45, 7) is 0. The molecule has 0 aliphatic heterocycles. The monoisotopic (exact) mass is 352 g/mol. The number of aromatic nitrogens is 1. The summed E-state index contributed by atoms with van der Waals surface area (Å²) in [6, 6.07) is 20.3. The van der Waals surface area contributed by atoms with Crippen molar-refractivity contribution in [3.63, 3.8) is 0 Å². The molecule has 0 radical (unpaired) electrons. The van der Waals surface area contributed by atoms with E-state index in [0.29, 0.717) is 5.56 Å². The number of hydrogen-bond acceptors (Lipinski definition) is 3. The molecule has 4 nitrogen and oxygen atoms in total. The van der Waals surface area contributed by atoms with Crippen molar-refractivity contribution in [1.29, 1.82) is 0 Å². The highest BCUT2D eigenvalue weighted by Gasteiger charge is 2.18. The van der Waals surface area contributed by atoms with E-state index in [0.717, 1.165) is 16.9 Å². The lowest BCUT2D eigenvalue weighted by Gasteiger charge is -2.20. The summed E-state index contributed by atoms with van der Waals surface area (Å²) in [7, 11) is 1.62. The summed E-state index contributed by atoms with van der Waals surface area (Å²) in [5, 5.41) is 3.35. The predicted octanol–water partition coefficient (Wildman–Crippen LogP) is 4.26. The van der Waals surface area contributed by atoms with Gasteiger partial charge < -0.3 is 10.1 Å². The van der Waals surface area contributed by atoms with Crippen molar-refractivity contribution in [1.82, 2.24) is 10.3 Å². The first kappa shape index (κ1) is 17.0. The number of nitrogens with one attached hydrogen (secondary N) is 1. The number of carbonyl (C=O) groups excluding carboxylic acids is 1. The van der Waals surface area contributed by atoms with Gasteiger partial charge in [-0.2, -0.15) is 0 Å². The van der Waals surface area contributed by atoms with Gasteiger partial charge in [0.15, 0.2) is 0 Å². The summed E-state index contributed by atoms with van der Waals surface area (Å²) >= 11 is 5.89. The van der Waals surface area contributed by atoms with Crippen molar-refractivity contribution in [2.24, 2.45) is 0 Å². The first-order valence-electron chi connectivity index (χ1n) is 7.78. The first-order valence-corrected chi connectivity index (χ1v) is 8.16. The maximum atomic E-state index is 12.7. The number of halogens is 1. The van der Waals surface area contributed by atoms with Crippen LogP contribution in [0, 0.1) is 0 Å². The second kappa shape index (κ2) is 7.81. The van der Waals surface area contributed by atoms with Crippen LogP contribution in [0.25, 0.3) is 0 Å². The van der Waals surface area contributed by atoms with Crippen LogP contribution in [-0.2, 0) is 0 Å². The normalized spacial score (nSPS) is 11.6. The van der Waals surface area contributed by atoms with Crippen LogP contribution in [0.1, 0.15) is 27.5 Å². The van der Waals surface area contributed by atoms with E-state index >= 15 is 0 Å². The molecule has 3 aromatic rings. The molecule has 0 saturated carbocycles. The van der Waals surface area contributed by atoms with Crippen molar-refractivity contribution < 1.29 is 9.53 Å². The van der Waals surface area contributed by atoms with Crippen molar-refractivity contribution >= 4 is 17.5 Å². The highest BCUT2D eigenvalue weighted by atomic mass is 35.5. The van der Waals surface area contributed by atoms with Gasteiger partial charge in [0.1, 0.15) is 10.9 Å². The molecule has 1 atom stereocenters. The summed E-state index contributed by atoms with van der Waals surface area (Å²) in [5.74, 6) is 0.553. The number of pyridine rings is 1. The molecule has 1 heterocycles. The average molecular weight is 353 g/mol. The molecule has 3 rings (SSSR count). The molecule has 0 fully saturated rings. The van der Waals surface area contributed by atoms with Gasteiger partial charge in [-0.15, -0.1) is 0 Å². The van der Waals surface area contributed by atoms with E-state index in [1.807, 2.05) is 54.6 Å². The number of amides is 1. The fourth-order valence-electron chi connectivity index (χ4n) is 2.56. The molecule has 0 bridgehead atoms. The van der Waals surface area contributed by atoms with E-state index in [1.165, 1.54) is 6.20 Å². The van der Waals surface area contributed by atoms with Crippen molar-refractivity contribution in [2.75, 3.05) is 7.11 Å². The molecule has 1 amide bonds. The number of methoxy groups -OCH3 is 1. The van der Waals surface area contributed by atoms with Gasteiger partial charge in [0.25, 0.3) is 5.91 Å². The summed E-state index contributed by atoms with van der Waals surface area (Å²) in [5.41, 5.74) is 2.41. The van der Waals surface area contributed by atoms with Crippen LogP contribution in [0.5, 0.6) is 5.75 Å². The van der Waals surface area contributed by atoms with E-state index in [9.17, 15) is 4.79 Å². The molecular weight excluding hydrogens is 336 g/mol. The van der Waals surface area contributed by atoms with E-state index in [1.54, 1.807) is 19.2 Å². The smallest absolute Gasteiger partial charge is 0.252 e. The van der Waals surface area contributed by atoms with Gasteiger partial charge >= 0.3 is 0 Å². The largest absolute Gasteiger partial charge is 0.497 e. The van der Waals surface area contributed by atoms with Crippen molar-refractivity contribution in [2.45, 2.75) is 6.04 Å². The Kier molecular flexibility index (Phi) is 5.31. The minimum atomic E-state index is -0.286. The third kappa shape index (κ3) is 4.17. The molecule has 25 heavy (non-hydrogen) atoms. The van der Waals surface area contributed by atoms with Gasteiger partial charge in [0.05, 0.1) is 13.2 Å². The maximum Gasteiger partial charge on any atom is 0.252 e. The van der Waals surface area contributed by atoms with Crippen LogP contribution in [-0.4, -0.2) is 18.0 Å². The minimum absolute atomic E-state index is 0.214. The van der Waals surface area contributed by atoms with E-state index in [4.69, 9.17) is 16.3 Å². The minimum Gasteiger partial charge on any atom is -0.497 e. The second-order valence-corrected chi connectivity index (χ2v) is 5.84. The van der Waals surface area contributed by atoms with E-state index in [-0.39, 0.29) is 17.1 Å². The Hall–Kier alpha value is -2.85. The Morgan fingerprint density at radius 1 is 1.04 bits per heavy atom. The third-order valence-electron chi connectivity index (χ3n) is 3.85. The van der Waals surface area contributed by atoms with Gasteiger partial charge in [-0.3, -0.25) is 4.79 Å². The number of hydrogen-bond donors (Lipinski definition) is 1. The van der Waals surface area contributed by atoms with Crippen molar-refractivity contribution in [3.8, 4) is 5.75 Å². The molecule has 0 aliphatic carbocycles. The van der Waals surface area contributed by atoms with Gasteiger partial charge in [-0.05, 0) is 35.4 Å². The zero-order chi connectivity index (χ0) is 17.6. The summed E-state index contributed by atoms with van der Waals surface area (Å²) in [4.78, 5) is 16.6. The standard InChI is InChI=1S/C20H17ClN2O2/c1-25-17-9-7-15(8-10-17)19(14-5-3-2-4-6-14)23-20(24)16-11-12-22-18(21)13-16/h2-13,19H,1H3,(H,23,24). The molecule has 126 valence electrons.